The number of H-pyrrole nitrogens is 1. The number of hydrogen-bond acceptors (Lipinski definition) is 6. The van der Waals surface area contributed by atoms with Gasteiger partial charge in [-0.3, -0.25) is 15.3 Å². The van der Waals surface area contributed by atoms with Crippen LogP contribution in [0.5, 0.6) is 5.75 Å². The topological polar surface area (TPSA) is 110 Å². The molecule has 0 spiro atoms. The number of ether oxygens (including phenoxy) is 1. The van der Waals surface area contributed by atoms with Gasteiger partial charge in [0.25, 0.3) is 0 Å². The van der Waals surface area contributed by atoms with Crippen LogP contribution in [0, 0.1) is 0 Å². The van der Waals surface area contributed by atoms with Crippen molar-refractivity contribution in [2.75, 3.05) is 6.73 Å². The van der Waals surface area contributed by atoms with Gasteiger partial charge in [0, 0.05) is 0 Å². The second kappa shape index (κ2) is 4.85. The Morgan fingerprint density at radius 1 is 1.32 bits per heavy atom. The van der Waals surface area contributed by atoms with Gasteiger partial charge in [0.1, 0.15) is 12.5 Å². The van der Waals surface area contributed by atoms with Crippen molar-refractivity contribution in [2.45, 2.75) is 12.1 Å². The van der Waals surface area contributed by atoms with Crippen LogP contribution in [0.1, 0.15) is 11.6 Å². The van der Waals surface area contributed by atoms with Crippen LogP contribution in [0.2, 0.25) is 0 Å². The monoisotopic (exact) mass is 298 g/mol. The van der Waals surface area contributed by atoms with E-state index in [0.29, 0.717) is 11.6 Å². The number of rotatable bonds is 3. The van der Waals surface area contributed by atoms with E-state index in [-0.39, 0.29) is 24.5 Å². The Morgan fingerprint density at radius 2 is 2.14 bits per heavy atom. The van der Waals surface area contributed by atoms with Crippen LogP contribution in [-0.4, -0.2) is 22.4 Å². The van der Waals surface area contributed by atoms with Gasteiger partial charge < -0.3 is 10.1 Å². The van der Waals surface area contributed by atoms with Crippen LogP contribution in [0.15, 0.2) is 51.6 Å². The zero-order valence-electron chi connectivity index (χ0n) is 11.6. The van der Waals surface area contributed by atoms with Crippen molar-refractivity contribution >= 4 is 5.82 Å². The minimum Gasteiger partial charge on any atom is -0.479 e. The average molecular weight is 298 g/mol. The number of aromatic nitrogens is 2. The lowest BCUT2D eigenvalue weighted by Crippen LogP contribution is -2.27. The molecule has 2 aliphatic heterocycles. The normalized spacial score (nSPS) is 21.3. The molecule has 2 aliphatic rings. The van der Waals surface area contributed by atoms with Crippen molar-refractivity contribution < 1.29 is 4.74 Å². The number of imidazole rings is 1. The summed E-state index contributed by atoms with van der Waals surface area (Å²) in [5.41, 5.74) is 6.65. The smallest absolute Gasteiger partial charge is 0.332 e. The number of aromatic amines is 1. The molecule has 0 bridgehead atoms. The van der Waals surface area contributed by atoms with Gasteiger partial charge in [-0.15, -0.1) is 5.11 Å². The summed E-state index contributed by atoms with van der Waals surface area (Å²) in [5, 5.41) is 11.4. The number of azo groups is 1. The van der Waals surface area contributed by atoms with Crippen LogP contribution < -0.4 is 21.5 Å². The maximum Gasteiger partial charge on any atom is 0.332 e. The molecule has 22 heavy (non-hydrogen) atoms. The standard InChI is InChI=1S/C14H14N6O2/c15-7-22-9-3-1-8(2-4-9)20-11-10-5-6-16-12(10)18-19-13(11)17-14(20)21/h1-6,10,12,16H,7,15H2,(H,17,21). The molecule has 2 aromatic rings. The molecule has 1 aromatic heterocycles. The third-order valence-corrected chi connectivity index (χ3v) is 3.77. The molecule has 2 unspecified atom stereocenters. The van der Waals surface area contributed by atoms with Crippen molar-refractivity contribution in [1.82, 2.24) is 14.9 Å². The molecule has 1 aromatic carbocycles. The molecule has 8 nitrogen and oxygen atoms in total. The molecular formula is C14H14N6O2. The van der Waals surface area contributed by atoms with E-state index in [1.54, 1.807) is 16.7 Å². The lowest BCUT2D eigenvalue weighted by molar-refractivity contribution is 0.329. The summed E-state index contributed by atoms with van der Waals surface area (Å²) in [6, 6.07) is 7.18. The molecule has 0 saturated heterocycles. The van der Waals surface area contributed by atoms with Crippen LogP contribution in [-0.2, 0) is 0 Å². The van der Waals surface area contributed by atoms with Crippen molar-refractivity contribution in [3.63, 3.8) is 0 Å². The SMILES string of the molecule is NCOc1ccc(-n2c3c([nH]c2=O)N=NC2NC=CC32)cc1. The van der Waals surface area contributed by atoms with Gasteiger partial charge in [-0.05, 0) is 30.5 Å². The first-order valence-electron chi connectivity index (χ1n) is 6.90. The van der Waals surface area contributed by atoms with Crippen LogP contribution in [0.3, 0.4) is 0 Å². The minimum atomic E-state index is -0.239. The number of nitrogens with zero attached hydrogens (tertiary/aromatic N) is 3. The fourth-order valence-electron chi connectivity index (χ4n) is 2.80. The van der Waals surface area contributed by atoms with E-state index >= 15 is 0 Å². The summed E-state index contributed by atoms with van der Waals surface area (Å²) in [4.78, 5) is 15.1. The lowest BCUT2D eigenvalue weighted by Gasteiger charge is -2.20. The van der Waals surface area contributed by atoms with E-state index < -0.39 is 0 Å². The summed E-state index contributed by atoms with van der Waals surface area (Å²) in [7, 11) is 0. The van der Waals surface area contributed by atoms with Gasteiger partial charge in [-0.25, -0.2) is 4.79 Å². The molecule has 112 valence electrons. The molecule has 2 atom stereocenters. The van der Waals surface area contributed by atoms with Gasteiger partial charge in [-0.2, -0.15) is 5.11 Å². The largest absolute Gasteiger partial charge is 0.479 e. The molecule has 0 saturated carbocycles. The molecule has 0 fully saturated rings. The first kappa shape index (κ1) is 12.8. The van der Waals surface area contributed by atoms with Crippen molar-refractivity contribution in [1.29, 1.82) is 0 Å². The van der Waals surface area contributed by atoms with E-state index in [0.717, 1.165) is 11.4 Å². The van der Waals surface area contributed by atoms with Crippen molar-refractivity contribution in [3.05, 3.63) is 52.7 Å². The Bertz CT molecular complexity index is 817. The number of nitrogens with one attached hydrogen (secondary N) is 2. The first-order chi connectivity index (χ1) is 10.8. The molecule has 4 N–H and O–H groups in total. The molecule has 8 heteroatoms. The molecular weight excluding hydrogens is 284 g/mol. The number of fused-ring (bicyclic) bond motifs is 3. The third-order valence-electron chi connectivity index (χ3n) is 3.77. The summed E-state index contributed by atoms with van der Waals surface area (Å²) >= 11 is 0. The molecule has 4 rings (SSSR count). The Labute approximate surface area is 125 Å². The van der Waals surface area contributed by atoms with Crippen molar-refractivity contribution in [2.24, 2.45) is 16.0 Å². The summed E-state index contributed by atoms with van der Waals surface area (Å²) in [6.07, 6.45) is 3.66. The molecule has 3 heterocycles. The predicted molar refractivity (Wildman–Crippen MR) is 79.4 cm³/mol. The maximum atomic E-state index is 12.3. The van der Waals surface area contributed by atoms with Gasteiger partial charge in [0.2, 0.25) is 0 Å². The quantitative estimate of drug-likeness (QED) is 0.736. The highest BCUT2D eigenvalue weighted by Gasteiger charge is 2.34. The zero-order chi connectivity index (χ0) is 15.1. The fraction of sp³-hybridized carbons (Fsp3) is 0.214. The highest BCUT2D eigenvalue weighted by molar-refractivity contribution is 5.49. The minimum absolute atomic E-state index is 0.0218. The van der Waals surface area contributed by atoms with Gasteiger partial charge in [0.15, 0.2) is 12.0 Å². The summed E-state index contributed by atoms with van der Waals surface area (Å²) < 4.78 is 6.84. The predicted octanol–water partition coefficient (Wildman–Crippen LogP) is 1.08. The maximum absolute atomic E-state index is 12.3. The van der Waals surface area contributed by atoms with Crippen molar-refractivity contribution in [3.8, 4) is 11.4 Å². The fourth-order valence-corrected chi connectivity index (χ4v) is 2.80. The van der Waals surface area contributed by atoms with Gasteiger partial charge >= 0.3 is 5.69 Å². The molecule has 0 radical (unpaired) electrons. The van der Waals surface area contributed by atoms with E-state index in [2.05, 4.69) is 20.5 Å². The second-order valence-corrected chi connectivity index (χ2v) is 5.02. The zero-order valence-corrected chi connectivity index (χ0v) is 11.6. The molecule has 0 amide bonds. The molecule has 0 aliphatic carbocycles. The lowest BCUT2D eigenvalue weighted by atomic mass is 10.0. The van der Waals surface area contributed by atoms with E-state index in [4.69, 9.17) is 10.5 Å². The summed E-state index contributed by atoms with van der Waals surface area (Å²) in [5.74, 6) is 1.14. The average Bonchev–Trinajstić information content (AvgIpc) is 3.11. The highest BCUT2D eigenvalue weighted by atomic mass is 16.5. The van der Waals surface area contributed by atoms with E-state index in [9.17, 15) is 4.79 Å². The first-order valence-corrected chi connectivity index (χ1v) is 6.90. The van der Waals surface area contributed by atoms with Gasteiger partial charge in [0.05, 0.1) is 17.3 Å². The second-order valence-electron chi connectivity index (χ2n) is 5.02. The highest BCUT2D eigenvalue weighted by Crippen LogP contribution is 2.37. The van der Waals surface area contributed by atoms with E-state index in [1.807, 2.05) is 24.4 Å². The Hall–Kier alpha value is -2.87. The number of benzene rings is 1. The number of nitrogens with two attached hydrogens (primary N) is 1. The van der Waals surface area contributed by atoms with Crippen LogP contribution >= 0.6 is 0 Å². The van der Waals surface area contributed by atoms with E-state index in [1.165, 1.54) is 0 Å². The van der Waals surface area contributed by atoms with Crippen LogP contribution in [0.4, 0.5) is 5.82 Å². The van der Waals surface area contributed by atoms with Crippen LogP contribution in [0.25, 0.3) is 5.69 Å². The Balaban J connectivity index is 1.83. The Morgan fingerprint density at radius 3 is 2.91 bits per heavy atom. The summed E-state index contributed by atoms with van der Waals surface area (Å²) in [6.45, 7) is 0.111. The third kappa shape index (κ3) is 1.85. The number of hydrogen-bond donors (Lipinski definition) is 3. The Kier molecular flexibility index (Phi) is 2.83. The van der Waals surface area contributed by atoms with Gasteiger partial charge in [-0.1, -0.05) is 6.08 Å².